The number of rotatable bonds is 16. The predicted octanol–water partition coefficient (Wildman–Crippen LogP) is 4.42. The fraction of sp³-hybridized carbons (Fsp3) is 0.870. The third kappa shape index (κ3) is 10.7. The van der Waals surface area contributed by atoms with Crippen molar-refractivity contribution in [2.24, 2.45) is 11.8 Å². The molecule has 0 aromatic carbocycles. The molecule has 1 aliphatic rings. The molecule has 1 rings (SSSR count). The van der Waals surface area contributed by atoms with Crippen molar-refractivity contribution in [1.82, 2.24) is 10.6 Å². The maximum Gasteiger partial charge on any atom is 0.306 e. The number of hydrogen-bond acceptors (Lipinski definition) is 3. The van der Waals surface area contributed by atoms with Crippen molar-refractivity contribution >= 4 is 17.8 Å². The van der Waals surface area contributed by atoms with Crippen LogP contribution in [0.15, 0.2) is 0 Å². The molecule has 0 spiro atoms. The van der Waals surface area contributed by atoms with E-state index in [4.69, 9.17) is 0 Å². The second-order valence-corrected chi connectivity index (χ2v) is 8.99. The van der Waals surface area contributed by atoms with E-state index in [1.54, 1.807) is 0 Å². The Morgan fingerprint density at radius 2 is 1.28 bits per heavy atom. The van der Waals surface area contributed by atoms with Gasteiger partial charge in [-0.1, -0.05) is 85.0 Å². The number of hydrogen-bond donors (Lipinski definition) is 3. The molecule has 0 saturated carbocycles. The van der Waals surface area contributed by atoms with Crippen LogP contribution in [0.4, 0.5) is 0 Å². The summed E-state index contributed by atoms with van der Waals surface area (Å²) in [6.07, 6.45) is 13.4. The summed E-state index contributed by atoms with van der Waals surface area (Å²) < 4.78 is 0. The van der Waals surface area contributed by atoms with Gasteiger partial charge in [0.2, 0.25) is 11.8 Å². The minimum atomic E-state index is -0.882. The van der Waals surface area contributed by atoms with Crippen LogP contribution in [0.25, 0.3) is 0 Å². The monoisotopic (exact) mass is 410 g/mol. The predicted molar refractivity (Wildman–Crippen MR) is 116 cm³/mol. The first-order valence-corrected chi connectivity index (χ1v) is 11.7. The van der Waals surface area contributed by atoms with E-state index in [1.165, 1.54) is 44.9 Å². The molecule has 1 fully saturated rings. The molecule has 3 N–H and O–H groups in total. The zero-order valence-corrected chi connectivity index (χ0v) is 18.7. The summed E-state index contributed by atoms with van der Waals surface area (Å²) in [6, 6.07) is -1.25. The van der Waals surface area contributed by atoms with Crippen LogP contribution in [-0.2, 0) is 14.4 Å². The van der Waals surface area contributed by atoms with Crippen LogP contribution in [0.5, 0.6) is 0 Å². The van der Waals surface area contributed by atoms with Gasteiger partial charge in [-0.3, -0.25) is 14.4 Å². The zero-order valence-electron chi connectivity index (χ0n) is 18.7. The van der Waals surface area contributed by atoms with Gasteiger partial charge in [-0.25, -0.2) is 0 Å². The van der Waals surface area contributed by atoms with Crippen molar-refractivity contribution in [1.29, 1.82) is 0 Å². The Balaban J connectivity index is 2.27. The van der Waals surface area contributed by atoms with Gasteiger partial charge < -0.3 is 15.7 Å². The van der Waals surface area contributed by atoms with E-state index in [0.717, 1.165) is 19.3 Å². The molecular formula is C23H42N2O4. The Morgan fingerprint density at radius 3 is 1.72 bits per heavy atom. The SMILES string of the molecule is CCCCCCCCCCCCC(C[C@@H]1NC(=O)[C@H](CC(C)C)NC1=O)C(=O)O. The van der Waals surface area contributed by atoms with Gasteiger partial charge in [-0.15, -0.1) is 0 Å². The lowest BCUT2D eigenvalue weighted by Gasteiger charge is -2.31. The molecule has 0 aliphatic carbocycles. The van der Waals surface area contributed by atoms with Crippen molar-refractivity contribution in [2.45, 2.75) is 116 Å². The topological polar surface area (TPSA) is 95.5 Å². The van der Waals surface area contributed by atoms with Gasteiger partial charge in [0.1, 0.15) is 12.1 Å². The Bertz CT molecular complexity index is 507. The Morgan fingerprint density at radius 1 is 0.828 bits per heavy atom. The van der Waals surface area contributed by atoms with E-state index >= 15 is 0 Å². The number of unbranched alkanes of at least 4 members (excludes halogenated alkanes) is 9. The van der Waals surface area contributed by atoms with Crippen molar-refractivity contribution in [2.75, 3.05) is 0 Å². The standard InChI is InChI=1S/C23H42N2O4/c1-4-5-6-7-8-9-10-11-12-13-14-18(23(28)29)16-20-22(27)24-19(15-17(2)3)21(26)25-20/h17-20H,4-16H2,1-3H3,(H,24,27)(H,25,26)(H,28,29)/t18?,19-,20-/m0/s1. The lowest BCUT2D eigenvalue weighted by atomic mass is 9.91. The molecule has 6 heteroatoms. The van der Waals surface area contributed by atoms with Gasteiger partial charge >= 0.3 is 5.97 Å². The number of aliphatic carboxylic acids is 1. The van der Waals surface area contributed by atoms with Crippen LogP contribution in [0.2, 0.25) is 0 Å². The second-order valence-electron chi connectivity index (χ2n) is 8.99. The first-order valence-electron chi connectivity index (χ1n) is 11.7. The van der Waals surface area contributed by atoms with Crippen LogP contribution < -0.4 is 10.6 Å². The minimum Gasteiger partial charge on any atom is -0.481 e. The zero-order chi connectivity index (χ0) is 21.6. The van der Waals surface area contributed by atoms with Crippen LogP contribution in [0.3, 0.4) is 0 Å². The summed E-state index contributed by atoms with van der Waals surface area (Å²) in [7, 11) is 0. The first kappa shape index (κ1) is 25.4. The molecule has 0 radical (unpaired) electrons. The molecule has 6 nitrogen and oxygen atoms in total. The van der Waals surface area contributed by atoms with Crippen LogP contribution >= 0.6 is 0 Å². The van der Waals surface area contributed by atoms with Gasteiger partial charge in [-0.05, 0) is 25.2 Å². The number of carbonyl (C=O) groups is 3. The fourth-order valence-corrected chi connectivity index (χ4v) is 3.98. The summed E-state index contributed by atoms with van der Waals surface area (Å²) in [6.45, 7) is 6.22. The van der Waals surface area contributed by atoms with Crippen molar-refractivity contribution in [3.8, 4) is 0 Å². The number of carboxylic acid groups (broad SMARTS) is 1. The van der Waals surface area contributed by atoms with Crippen LogP contribution in [0, 0.1) is 11.8 Å². The van der Waals surface area contributed by atoms with Crippen molar-refractivity contribution in [3.63, 3.8) is 0 Å². The lowest BCUT2D eigenvalue weighted by molar-refractivity contribution is -0.144. The Hall–Kier alpha value is -1.59. The Labute approximate surface area is 176 Å². The summed E-state index contributed by atoms with van der Waals surface area (Å²) in [4.78, 5) is 36.1. The molecule has 29 heavy (non-hydrogen) atoms. The molecule has 1 aliphatic heterocycles. The van der Waals surface area contributed by atoms with E-state index in [-0.39, 0.29) is 18.2 Å². The van der Waals surface area contributed by atoms with E-state index in [1.807, 2.05) is 13.8 Å². The van der Waals surface area contributed by atoms with Crippen LogP contribution in [0.1, 0.15) is 104 Å². The highest BCUT2D eigenvalue weighted by atomic mass is 16.4. The van der Waals surface area contributed by atoms with Gasteiger partial charge in [0.05, 0.1) is 5.92 Å². The number of nitrogens with one attached hydrogen (secondary N) is 2. The first-order chi connectivity index (χ1) is 13.8. The molecular weight excluding hydrogens is 368 g/mol. The molecule has 3 atom stereocenters. The highest BCUT2D eigenvalue weighted by molar-refractivity contribution is 5.97. The summed E-state index contributed by atoms with van der Waals surface area (Å²) in [5.41, 5.74) is 0. The van der Waals surface area contributed by atoms with Gasteiger partial charge in [0.25, 0.3) is 0 Å². The third-order valence-electron chi connectivity index (χ3n) is 5.75. The highest BCUT2D eigenvalue weighted by Gasteiger charge is 2.36. The van der Waals surface area contributed by atoms with E-state index in [0.29, 0.717) is 18.8 Å². The smallest absolute Gasteiger partial charge is 0.306 e. The molecule has 0 aromatic heterocycles. The fourth-order valence-electron chi connectivity index (χ4n) is 3.98. The number of carboxylic acids is 1. The molecule has 1 unspecified atom stereocenters. The summed E-state index contributed by atoms with van der Waals surface area (Å²) >= 11 is 0. The molecule has 2 amide bonds. The maximum absolute atomic E-state index is 12.3. The lowest BCUT2D eigenvalue weighted by Crippen LogP contribution is -2.62. The quantitative estimate of drug-likeness (QED) is 0.328. The number of amides is 2. The number of carbonyl (C=O) groups excluding carboxylic acids is 2. The average molecular weight is 411 g/mol. The summed E-state index contributed by atoms with van der Waals surface area (Å²) in [5, 5.41) is 15.0. The molecule has 1 saturated heterocycles. The van der Waals surface area contributed by atoms with E-state index in [2.05, 4.69) is 17.6 Å². The molecule has 0 bridgehead atoms. The largest absolute Gasteiger partial charge is 0.481 e. The normalized spacial score (nSPS) is 20.4. The molecule has 0 aromatic rings. The molecule has 1 heterocycles. The van der Waals surface area contributed by atoms with E-state index in [9.17, 15) is 19.5 Å². The Kier molecular flexibility index (Phi) is 12.6. The summed E-state index contributed by atoms with van der Waals surface area (Å²) in [5.74, 6) is -1.64. The van der Waals surface area contributed by atoms with Crippen LogP contribution in [-0.4, -0.2) is 35.0 Å². The van der Waals surface area contributed by atoms with Crippen molar-refractivity contribution < 1.29 is 19.5 Å². The maximum atomic E-state index is 12.3. The van der Waals surface area contributed by atoms with Gasteiger partial charge in [0, 0.05) is 0 Å². The van der Waals surface area contributed by atoms with Crippen molar-refractivity contribution in [3.05, 3.63) is 0 Å². The number of piperazine rings is 1. The third-order valence-corrected chi connectivity index (χ3v) is 5.75. The van der Waals surface area contributed by atoms with Gasteiger partial charge in [0.15, 0.2) is 0 Å². The highest BCUT2D eigenvalue weighted by Crippen LogP contribution is 2.20. The average Bonchev–Trinajstić information content (AvgIpc) is 2.65. The molecule has 168 valence electrons. The second kappa shape index (κ2) is 14.4. The van der Waals surface area contributed by atoms with Gasteiger partial charge in [-0.2, -0.15) is 0 Å². The minimum absolute atomic E-state index is 0.165. The van der Waals surface area contributed by atoms with E-state index < -0.39 is 24.0 Å².